The Balaban J connectivity index is 0.00000162. The Labute approximate surface area is 122 Å². The van der Waals surface area contributed by atoms with Gasteiger partial charge in [0.2, 0.25) is 0 Å². The highest BCUT2D eigenvalue weighted by Gasteiger charge is 2.13. The Bertz CT molecular complexity index is 546. The van der Waals surface area contributed by atoms with Crippen LogP contribution in [0.15, 0.2) is 18.5 Å². The van der Waals surface area contributed by atoms with Crippen LogP contribution in [0.1, 0.15) is 16.8 Å². The summed E-state index contributed by atoms with van der Waals surface area (Å²) in [5.74, 6) is -0.805. The molecule has 0 radical (unpaired) electrons. The first-order valence-corrected chi connectivity index (χ1v) is 5.33. The minimum atomic E-state index is -0.467. The van der Waals surface area contributed by atoms with Gasteiger partial charge in [-0.05, 0) is 25.1 Å². The van der Waals surface area contributed by atoms with Crippen LogP contribution < -0.4 is 11.1 Å². The summed E-state index contributed by atoms with van der Waals surface area (Å²) in [6, 6.07) is 2.49. The van der Waals surface area contributed by atoms with E-state index >= 15 is 0 Å². The Kier molecular flexibility index (Phi) is 7.36. The van der Waals surface area contributed by atoms with Crippen LogP contribution >= 0.6 is 24.8 Å². The van der Waals surface area contributed by atoms with Gasteiger partial charge in [-0.25, -0.2) is 9.37 Å². The van der Waals surface area contributed by atoms with E-state index in [1.54, 1.807) is 0 Å². The summed E-state index contributed by atoms with van der Waals surface area (Å²) in [6.07, 6.45) is 2.12. The molecule has 1 aromatic carbocycles. The zero-order valence-corrected chi connectivity index (χ0v) is 11.6. The van der Waals surface area contributed by atoms with Gasteiger partial charge in [-0.1, -0.05) is 0 Å². The van der Waals surface area contributed by atoms with Crippen LogP contribution in [0.5, 0.6) is 0 Å². The number of hydrogen-bond donors (Lipinski definition) is 3. The highest BCUT2D eigenvalue weighted by Crippen LogP contribution is 2.16. The number of nitrogens with zero attached hydrogens (tertiary/aromatic N) is 1. The zero-order valence-electron chi connectivity index (χ0n) is 9.98. The minimum absolute atomic E-state index is 0. The lowest BCUT2D eigenvalue weighted by Gasteiger charge is -2.05. The van der Waals surface area contributed by atoms with Crippen molar-refractivity contribution in [3.63, 3.8) is 0 Å². The lowest BCUT2D eigenvalue weighted by atomic mass is 10.1. The number of hydrogen-bond acceptors (Lipinski definition) is 3. The molecular formula is C11H15Cl2FN4O. The third kappa shape index (κ3) is 4.05. The number of benzene rings is 1. The topological polar surface area (TPSA) is 83.8 Å². The molecule has 8 heteroatoms. The van der Waals surface area contributed by atoms with E-state index in [9.17, 15) is 9.18 Å². The van der Waals surface area contributed by atoms with Crippen molar-refractivity contribution in [1.29, 1.82) is 0 Å². The van der Waals surface area contributed by atoms with Crippen LogP contribution in [-0.4, -0.2) is 29.0 Å². The molecule has 1 amide bonds. The minimum Gasteiger partial charge on any atom is -0.352 e. The summed E-state index contributed by atoms with van der Waals surface area (Å²) < 4.78 is 13.3. The van der Waals surface area contributed by atoms with Crippen LogP contribution in [0, 0.1) is 5.82 Å². The average molecular weight is 309 g/mol. The molecule has 0 aliphatic rings. The van der Waals surface area contributed by atoms with Crippen molar-refractivity contribution < 1.29 is 9.18 Å². The first kappa shape index (κ1) is 17.6. The second kappa shape index (κ2) is 7.93. The van der Waals surface area contributed by atoms with Crippen molar-refractivity contribution in [2.75, 3.05) is 13.1 Å². The Morgan fingerprint density at radius 1 is 1.42 bits per heavy atom. The fraction of sp³-hybridized carbons (Fsp3) is 0.273. The summed E-state index contributed by atoms with van der Waals surface area (Å²) in [4.78, 5) is 18.6. The molecule has 0 unspecified atom stereocenters. The SMILES string of the molecule is Cl.Cl.NCCCNC(=O)c1cc(F)cc2[nH]cnc12. The predicted molar refractivity (Wildman–Crippen MR) is 76.6 cm³/mol. The molecule has 5 nitrogen and oxygen atoms in total. The number of aromatic amines is 1. The lowest BCUT2D eigenvalue weighted by molar-refractivity contribution is 0.0954. The Hall–Kier alpha value is -1.37. The molecular weight excluding hydrogens is 294 g/mol. The monoisotopic (exact) mass is 308 g/mol. The number of fused-ring (bicyclic) bond motifs is 1. The Morgan fingerprint density at radius 2 is 2.16 bits per heavy atom. The molecule has 4 N–H and O–H groups in total. The molecule has 0 saturated heterocycles. The van der Waals surface area contributed by atoms with E-state index in [4.69, 9.17) is 5.73 Å². The highest BCUT2D eigenvalue weighted by atomic mass is 35.5. The molecule has 1 heterocycles. The smallest absolute Gasteiger partial charge is 0.253 e. The van der Waals surface area contributed by atoms with Crippen molar-refractivity contribution in [1.82, 2.24) is 15.3 Å². The number of carbonyl (C=O) groups is 1. The van der Waals surface area contributed by atoms with E-state index in [0.717, 1.165) is 0 Å². The van der Waals surface area contributed by atoms with E-state index in [-0.39, 0.29) is 36.3 Å². The van der Waals surface area contributed by atoms with Gasteiger partial charge in [-0.3, -0.25) is 4.79 Å². The molecule has 19 heavy (non-hydrogen) atoms. The lowest BCUT2D eigenvalue weighted by Crippen LogP contribution is -2.26. The number of imidazole rings is 1. The van der Waals surface area contributed by atoms with Gasteiger partial charge in [0.05, 0.1) is 17.4 Å². The molecule has 2 rings (SSSR count). The molecule has 0 fully saturated rings. The first-order chi connectivity index (χ1) is 8.22. The van der Waals surface area contributed by atoms with E-state index < -0.39 is 5.82 Å². The number of rotatable bonds is 4. The largest absolute Gasteiger partial charge is 0.352 e. The summed E-state index contributed by atoms with van der Waals surface area (Å²) in [6.45, 7) is 0.971. The molecule has 106 valence electrons. The number of carbonyl (C=O) groups excluding carboxylic acids is 1. The van der Waals surface area contributed by atoms with Crippen molar-refractivity contribution in [3.8, 4) is 0 Å². The molecule has 0 aliphatic carbocycles. The van der Waals surface area contributed by atoms with Gasteiger partial charge in [0.1, 0.15) is 11.3 Å². The van der Waals surface area contributed by atoms with Gasteiger partial charge >= 0.3 is 0 Å². The van der Waals surface area contributed by atoms with Crippen LogP contribution in [-0.2, 0) is 0 Å². The number of halogens is 3. The van der Waals surface area contributed by atoms with Gasteiger partial charge in [0.25, 0.3) is 5.91 Å². The standard InChI is InChI=1S/C11H13FN4O.2ClH/c12-7-4-8(11(17)14-3-1-2-13)10-9(5-7)15-6-16-10;;/h4-6H,1-3,13H2,(H,14,17)(H,15,16);2*1H. The quantitative estimate of drug-likeness (QED) is 0.751. The second-order valence-corrected chi connectivity index (χ2v) is 3.65. The average Bonchev–Trinajstić information content (AvgIpc) is 2.75. The normalized spacial score (nSPS) is 9.58. The van der Waals surface area contributed by atoms with Gasteiger partial charge in [-0.15, -0.1) is 24.8 Å². The maximum absolute atomic E-state index is 13.3. The third-order valence-corrected chi connectivity index (χ3v) is 2.40. The molecule has 0 bridgehead atoms. The molecule has 0 atom stereocenters. The highest BCUT2D eigenvalue weighted by molar-refractivity contribution is 6.04. The van der Waals surface area contributed by atoms with Crippen LogP contribution in [0.2, 0.25) is 0 Å². The van der Waals surface area contributed by atoms with Crippen LogP contribution in [0.4, 0.5) is 4.39 Å². The summed E-state index contributed by atoms with van der Waals surface area (Å²) in [5, 5.41) is 2.67. The number of aromatic nitrogens is 2. The van der Waals surface area contributed by atoms with Gasteiger partial charge in [-0.2, -0.15) is 0 Å². The fourth-order valence-corrected chi connectivity index (χ4v) is 1.59. The molecule has 0 aliphatic heterocycles. The van der Waals surface area contributed by atoms with Crippen molar-refractivity contribution in [2.24, 2.45) is 5.73 Å². The number of nitrogens with one attached hydrogen (secondary N) is 2. The van der Waals surface area contributed by atoms with E-state index in [0.29, 0.717) is 30.5 Å². The van der Waals surface area contributed by atoms with Crippen molar-refractivity contribution in [3.05, 3.63) is 29.8 Å². The van der Waals surface area contributed by atoms with Crippen LogP contribution in [0.3, 0.4) is 0 Å². The first-order valence-electron chi connectivity index (χ1n) is 5.33. The van der Waals surface area contributed by atoms with Gasteiger partial charge in [0, 0.05) is 6.54 Å². The summed E-state index contributed by atoms with van der Waals surface area (Å²) >= 11 is 0. The van der Waals surface area contributed by atoms with E-state index in [1.807, 2.05) is 0 Å². The molecule has 2 aromatic rings. The number of amides is 1. The summed E-state index contributed by atoms with van der Waals surface area (Å²) in [7, 11) is 0. The maximum Gasteiger partial charge on any atom is 0.253 e. The van der Waals surface area contributed by atoms with E-state index in [2.05, 4.69) is 15.3 Å². The second-order valence-electron chi connectivity index (χ2n) is 3.65. The maximum atomic E-state index is 13.3. The van der Waals surface area contributed by atoms with Gasteiger partial charge in [0.15, 0.2) is 0 Å². The number of nitrogens with two attached hydrogens (primary N) is 1. The summed E-state index contributed by atoms with van der Waals surface area (Å²) in [5.41, 5.74) is 6.53. The molecule has 1 aromatic heterocycles. The van der Waals surface area contributed by atoms with Crippen LogP contribution in [0.25, 0.3) is 11.0 Å². The molecule has 0 saturated carbocycles. The van der Waals surface area contributed by atoms with Crippen molar-refractivity contribution in [2.45, 2.75) is 6.42 Å². The van der Waals surface area contributed by atoms with E-state index in [1.165, 1.54) is 18.5 Å². The van der Waals surface area contributed by atoms with Crippen molar-refractivity contribution >= 4 is 41.8 Å². The fourth-order valence-electron chi connectivity index (χ4n) is 1.59. The molecule has 0 spiro atoms. The zero-order chi connectivity index (χ0) is 12.3. The predicted octanol–water partition coefficient (Wildman–Crippen LogP) is 1.62. The Morgan fingerprint density at radius 3 is 2.84 bits per heavy atom. The number of H-pyrrole nitrogens is 1. The van der Waals surface area contributed by atoms with Gasteiger partial charge < -0.3 is 16.0 Å². The third-order valence-electron chi connectivity index (χ3n) is 2.40.